The van der Waals surface area contributed by atoms with Crippen LogP contribution >= 0.6 is 0 Å². The fourth-order valence-electron chi connectivity index (χ4n) is 6.90. The van der Waals surface area contributed by atoms with Crippen molar-refractivity contribution in [1.82, 2.24) is 34.0 Å². The van der Waals surface area contributed by atoms with Crippen LogP contribution in [0.3, 0.4) is 0 Å². The van der Waals surface area contributed by atoms with Crippen molar-refractivity contribution in [3.05, 3.63) is 88.8 Å². The highest BCUT2D eigenvalue weighted by Gasteiger charge is 2.33. The molecular weight excluding hydrogens is 731 g/mol. The number of ether oxygens (including phenoxy) is 2. The van der Waals surface area contributed by atoms with Crippen LogP contribution in [-0.2, 0) is 15.7 Å². The van der Waals surface area contributed by atoms with E-state index >= 15 is 0 Å². The molecule has 2 aliphatic rings. The van der Waals surface area contributed by atoms with Crippen LogP contribution in [0.25, 0.3) is 11.0 Å². The van der Waals surface area contributed by atoms with Crippen molar-refractivity contribution in [2.75, 3.05) is 64.5 Å². The number of rotatable bonds is 8. The summed E-state index contributed by atoms with van der Waals surface area (Å²) in [5.74, 6) is -1.22. The molecule has 298 valence electrons. The number of fused-ring (bicyclic) bond motifs is 2. The maximum atomic E-state index is 13.0. The molecule has 0 atom stereocenters. The van der Waals surface area contributed by atoms with E-state index in [0.29, 0.717) is 29.3 Å². The zero-order valence-corrected chi connectivity index (χ0v) is 31.8. The number of carbonyl (C=O) groups is 3. The number of hydrogen-bond acceptors (Lipinski definition) is 11. The number of carbonyl (C=O) groups excluding carboxylic acids is 3. The van der Waals surface area contributed by atoms with Gasteiger partial charge in [-0.25, -0.2) is 23.6 Å². The molecule has 0 unspecified atom stereocenters. The van der Waals surface area contributed by atoms with E-state index in [1.54, 1.807) is 41.2 Å². The van der Waals surface area contributed by atoms with E-state index in [0.717, 1.165) is 80.9 Å². The molecule has 0 bridgehead atoms. The molecule has 17 heteroatoms. The van der Waals surface area contributed by atoms with Gasteiger partial charge in [-0.15, -0.1) is 0 Å². The Bertz CT molecular complexity index is 2200. The molecule has 0 aliphatic carbocycles. The fourth-order valence-corrected chi connectivity index (χ4v) is 6.90. The molecular formula is C39H46F3N9O5. The van der Waals surface area contributed by atoms with Gasteiger partial charge >= 0.3 is 18.1 Å². The van der Waals surface area contributed by atoms with Crippen molar-refractivity contribution in [2.24, 2.45) is 0 Å². The summed E-state index contributed by atoms with van der Waals surface area (Å²) in [6.07, 6.45) is 2.57. The lowest BCUT2D eigenvalue weighted by molar-refractivity contribution is -0.141. The summed E-state index contributed by atoms with van der Waals surface area (Å²) in [4.78, 5) is 45.2. The Morgan fingerprint density at radius 2 is 1.29 bits per heavy atom. The lowest BCUT2D eigenvalue weighted by Gasteiger charge is -2.27. The standard InChI is InChI=1S/C23H24F3N5O3.C16H22N4O2/c1-3-34-22(33)16-13-31-15(11-18(29-31)14-7-9-30(2)10-8-14)12-19(16)28-21(32)17-5-4-6-20(27-17)23(24,25)26;1-3-22-16(21)13-10-20-12(8-14(13)17)9-15(18-20)11-4-6-19(2)7-5-11/h4-6,11-14H,3,7-10H2,1-2H3,(H,28,32);8-11H,3-7,17H2,1-2H3. The average Bonchev–Trinajstić information content (AvgIpc) is 3.78. The predicted molar refractivity (Wildman–Crippen MR) is 203 cm³/mol. The molecule has 2 aliphatic heterocycles. The van der Waals surface area contributed by atoms with Gasteiger partial charge in [0, 0.05) is 29.9 Å². The third-order valence-electron chi connectivity index (χ3n) is 10.1. The van der Waals surface area contributed by atoms with Crippen LogP contribution in [-0.4, -0.2) is 105 Å². The zero-order valence-electron chi connectivity index (χ0n) is 31.8. The molecule has 3 N–H and O–H groups in total. The van der Waals surface area contributed by atoms with Gasteiger partial charge in [0.2, 0.25) is 0 Å². The van der Waals surface area contributed by atoms with E-state index in [4.69, 9.17) is 15.2 Å². The zero-order chi connectivity index (χ0) is 40.1. The highest BCUT2D eigenvalue weighted by molar-refractivity contribution is 6.07. The second kappa shape index (κ2) is 17.1. The van der Waals surface area contributed by atoms with Crippen molar-refractivity contribution in [1.29, 1.82) is 0 Å². The fraction of sp³-hybridized carbons (Fsp3) is 0.436. The Kier molecular flexibility index (Phi) is 12.2. The smallest absolute Gasteiger partial charge is 0.433 e. The Morgan fingerprint density at radius 3 is 1.80 bits per heavy atom. The number of piperidine rings is 2. The molecule has 1 amide bonds. The SMILES string of the molecule is CCOC(=O)c1cn2nc(C3CCN(C)CC3)cc2cc1N.CCOC(=O)c1cn2nc(C3CCN(C)CC3)cc2cc1NC(=O)c1cccc(C(F)(F)F)n1. The van der Waals surface area contributed by atoms with Gasteiger partial charge in [-0.2, -0.15) is 23.4 Å². The van der Waals surface area contributed by atoms with Gasteiger partial charge in [0.1, 0.15) is 22.5 Å². The summed E-state index contributed by atoms with van der Waals surface area (Å²) in [7, 11) is 4.21. The van der Waals surface area contributed by atoms with Crippen LogP contribution in [0, 0.1) is 0 Å². The van der Waals surface area contributed by atoms with Gasteiger partial charge in [0.25, 0.3) is 5.91 Å². The molecule has 0 radical (unpaired) electrons. The number of aromatic nitrogens is 5. The van der Waals surface area contributed by atoms with E-state index in [1.165, 1.54) is 12.3 Å². The van der Waals surface area contributed by atoms with Gasteiger partial charge in [-0.05, 0) is 116 Å². The van der Waals surface area contributed by atoms with Crippen molar-refractivity contribution < 1.29 is 37.0 Å². The summed E-state index contributed by atoms with van der Waals surface area (Å²) >= 11 is 0. The number of alkyl halides is 3. The van der Waals surface area contributed by atoms with E-state index < -0.39 is 35.4 Å². The summed E-state index contributed by atoms with van der Waals surface area (Å²) < 4.78 is 52.4. The predicted octanol–water partition coefficient (Wildman–Crippen LogP) is 5.89. The number of halogens is 3. The van der Waals surface area contributed by atoms with Gasteiger partial charge in [0.15, 0.2) is 0 Å². The average molecular weight is 778 g/mol. The molecule has 56 heavy (non-hydrogen) atoms. The summed E-state index contributed by atoms with van der Waals surface area (Å²) in [6.45, 7) is 7.96. The molecule has 0 saturated carbocycles. The number of amides is 1. The first-order valence-electron chi connectivity index (χ1n) is 18.6. The highest BCUT2D eigenvalue weighted by atomic mass is 19.4. The van der Waals surface area contributed by atoms with Gasteiger partial charge in [0.05, 0.1) is 41.3 Å². The molecule has 7 heterocycles. The molecule has 2 fully saturated rings. The van der Waals surface area contributed by atoms with Crippen LogP contribution < -0.4 is 11.1 Å². The van der Waals surface area contributed by atoms with Gasteiger partial charge in [-0.1, -0.05) is 6.07 Å². The van der Waals surface area contributed by atoms with Crippen molar-refractivity contribution >= 4 is 40.3 Å². The molecule has 7 rings (SSSR count). The number of esters is 2. The van der Waals surface area contributed by atoms with E-state index in [-0.39, 0.29) is 23.8 Å². The maximum absolute atomic E-state index is 13.0. The van der Waals surface area contributed by atoms with Gasteiger partial charge in [-0.3, -0.25) is 4.79 Å². The van der Waals surface area contributed by atoms with Crippen LogP contribution in [0.4, 0.5) is 24.5 Å². The number of hydrogen-bond donors (Lipinski definition) is 2. The van der Waals surface area contributed by atoms with E-state index in [1.807, 2.05) is 6.07 Å². The maximum Gasteiger partial charge on any atom is 0.433 e. The van der Waals surface area contributed by atoms with E-state index in [2.05, 4.69) is 50.5 Å². The minimum Gasteiger partial charge on any atom is -0.462 e. The highest BCUT2D eigenvalue weighted by Crippen LogP contribution is 2.31. The normalized spacial score (nSPS) is 16.1. The minimum absolute atomic E-state index is 0.0349. The lowest BCUT2D eigenvalue weighted by atomic mass is 9.94. The van der Waals surface area contributed by atoms with Crippen molar-refractivity contribution in [2.45, 2.75) is 57.5 Å². The molecule has 5 aromatic heterocycles. The summed E-state index contributed by atoms with van der Waals surface area (Å²) in [5.41, 5.74) is 8.81. The summed E-state index contributed by atoms with van der Waals surface area (Å²) in [6, 6.07) is 10.4. The monoisotopic (exact) mass is 777 g/mol. The topological polar surface area (TPSA) is 162 Å². The first-order valence-corrected chi connectivity index (χ1v) is 18.6. The second-order valence-electron chi connectivity index (χ2n) is 14.1. The number of pyridine rings is 3. The van der Waals surface area contributed by atoms with Crippen LogP contribution in [0.15, 0.2) is 54.9 Å². The molecule has 0 spiro atoms. The molecule has 14 nitrogen and oxygen atoms in total. The minimum atomic E-state index is -4.69. The second-order valence-corrected chi connectivity index (χ2v) is 14.1. The third kappa shape index (κ3) is 9.27. The van der Waals surface area contributed by atoms with Gasteiger partial charge < -0.3 is 30.3 Å². The number of nitrogen functional groups attached to an aromatic ring is 1. The van der Waals surface area contributed by atoms with Crippen LogP contribution in [0.1, 0.15) is 99.7 Å². The van der Waals surface area contributed by atoms with E-state index in [9.17, 15) is 27.6 Å². The number of nitrogens with two attached hydrogens (primary N) is 1. The summed E-state index contributed by atoms with van der Waals surface area (Å²) in [5, 5.41) is 11.8. The lowest BCUT2D eigenvalue weighted by Crippen LogP contribution is -2.29. The van der Waals surface area contributed by atoms with Crippen LogP contribution in [0.2, 0.25) is 0 Å². The quantitative estimate of drug-likeness (QED) is 0.181. The first kappa shape index (κ1) is 40.1. The Labute approximate surface area is 321 Å². The Balaban J connectivity index is 0.000000208. The van der Waals surface area contributed by atoms with Crippen molar-refractivity contribution in [3.8, 4) is 0 Å². The van der Waals surface area contributed by atoms with Crippen molar-refractivity contribution in [3.63, 3.8) is 0 Å². The first-order chi connectivity index (χ1) is 26.7. The molecule has 5 aromatic rings. The Morgan fingerprint density at radius 1 is 0.786 bits per heavy atom. The largest absolute Gasteiger partial charge is 0.462 e. The number of nitrogens with one attached hydrogen (secondary N) is 1. The van der Waals surface area contributed by atoms with Crippen LogP contribution in [0.5, 0.6) is 0 Å². The number of likely N-dealkylation sites (tertiary alicyclic amines) is 2. The third-order valence-corrected chi connectivity index (χ3v) is 10.1. The molecule has 2 saturated heterocycles. The number of anilines is 2. The Hall–Kier alpha value is -5.55. The number of nitrogens with zero attached hydrogens (tertiary/aromatic N) is 7. The molecule has 0 aromatic carbocycles.